The average molecular weight is 176 g/mol. The Morgan fingerprint density at radius 2 is 2.18 bits per heavy atom. The van der Waals surface area contributed by atoms with Crippen molar-refractivity contribution >= 4 is 22.9 Å². The second-order valence-electron chi connectivity index (χ2n) is 2.80. The van der Waals surface area contributed by atoms with E-state index in [0.29, 0.717) is 0 Å². The van der Waals surface area contributed by atoms with Gasteiger partial charge in [0.25, 0.3) is 0 Å². The van der Waals surface area contributed by atoms with Crippen LogP contribution in [0.25, 0.3) is 0 Å². The fourth-order valence-corrected chi connectivity index (χ4v) is 1.49. The summed E-state index contributed by atoms with van der Waals surface area (Å²) in [4.78, 5) is 10.3. The van der Waals surface area contributed by atoms with E-state index in [1.807, 2.05) is 0 Å². The molecule has 4 nitrogen and oxygen atoms in total. The lowest BCUT2D eigenvalue weighted by molar-refractivity contribution is -0.137. The van der Waals surface area contributed by atoms with Crippen LogP contribution in [0.3, 0.4) is 0 Å². The highest BCUT2D eigenvalue weighted by atomic mass is 32.2. The summed E-state index contributed by atoms with van der Waals surface area (Å²) >= 11 is 1.07. The molecule has 0 bridgehead atoms. The first-order valence-electron chi connectivity index (χ1n) is 3.08. The number of aliphatic carboxylic acids is 1. The van der Waals surface area contributed by atoms with Crippen molar-refractivity contribution in [3.63, 3.8) is 0 Å². The summed E-state index contributed by atoms with van der Waals surface area (Å²) in [6.07, 6.45) is 0.0112. The third-order valence-corrected chi connectivity index (χ3v) is 1.88. The summed E-state index contributed by atoms with van der Waals surface area (Å²) in [5.74, 6) is -0.872. The molecule has 0 heterocycles. The summed E-state index contributed by atoms with van der Waals surface area (Å²) < 4.78 is -0.488. The Kier molecular flexibility index (Phi) is 3.38. The lowest BCUT2D eigenvalue weighted by Crippen LogP contribution is -2.24. The van der Waals surface area contributed by atoms with Gasteiger partial charge in [-0.3, -0.25) is 10.2 Å². The second-order valence-corrected chi connectivity index (χ2v) is 4.55. The van der Waals surface area contributed by atoms with Gasteiger partial charge in [-0.05, 0) is 13.8 Å². The Morgan fingerprint density at radius 1 is 1.73 bits per heavy atom. The molecule has 0 aromatic carbocycles. The first-order valence-corrected chi connectivity index (χ1v) is 3.90. The summed E-state index contributed by atoms with van der Waals surface area (Å²) in [6.45, 7) is 3.49. The van der Waals surface area contributed by atoms with Gasteiger partial charge in [-0.15, -0.1) is 0 Å². The van der Waals surface area contributed by atoms with Crippen LogP contribution in [0.1, 0.15) is 20.3 Å². The monoisotopic (exact) mass is 176 g/mol. The van der Waals surface area contributed by atoms with Crippen LogP contribution in [0.15, 0.2) is 0 Å². The first-order chi connectivity index (χ1) is 4.83. The number of hydrogen-bond acceptors (Lipinski definition) is 3. The Balaban J connectivity index is 3.99. The highest BCUT2D eigenvalue weighted by Gasteiger charge is 2.23. The van der Waals surface area contributed by atoms with Crippen molar-refractivity contribution in [3.8, 4) is 0 Å². The van der Waals surface area contributed by atoms with Crippen LogP contribution in [-0.4, -0.2) is 21.0 Å². The van der Waals surface area contributed by atoms with Gasteiger partial charge in [0.15, 0.2) is 5.17 Å². The number of carboxylic acid groups (broad SMARTS) is 1. The van der Waals surface area contributed by atoms with Crippen LogP contribution >= 0.6 is 11.8 Å². The minimum Gasteiger partial charge on any atom is -0.481 e. The number of nitrogens with two attached hydrogens (primary N) is 1. The van der Waals surface area contributed by atoms with E-state index < -0.39 is 10.7 Å². The Morgan fingerprint density at radius 3 is 2.45 bits per heavy atom. The second kappa shape index (κ2) is 3.61. The van der Waals surface area contributed by atoms with Gasteiger partial charge in [-0.25, -0.2) is 0 Å². The van der Waals surface area contributed by atoms with Gasteiger partial charge in [-0.1, -0.05) is 11.8 Å². The minimum atomic E-state index is -0.872. The molecule has 0 atom stereocenters. The zero-order valence-electron chi connectivity index (χ0n) is 6.55. The molecule has 0 spiro atoms. The van der Waals surface area contributed by atoms with Gasteiger partial charge in [0.2, 0.25) is 0 Å². The van der Waals surface area contributed by atoms with Crippen LogP contribution in [0.2, 0.25) is 0 Å². The molecule has 0 saturated carbocycles. The maximum Gasteiger partial charge on any atom is 0.304 e. The third kappa shape index (κ3) is 5.72. The van der Waals surface area contributed by atoms with E-state index in [1.165, 1.54) is 0 Å². The van der Waals surface area contributed by atoms with Gasteiger partial charge < -0.3 is 10.8 Å². The van der Waals surface area contributed by atoms with Gasteiger partial charge >= 0.3 is 5.97 Å². The summed E-state index contributed by atoms with van der Waals surface area (Å²) in [6, 6.07) is 0. The number of amidine groups is 1. The predicted molar refractivity (Wildman–Crippen MR) is 45.8 cm³/mol. The van der Waals surface area contributed by atoms with Crippen LogP contribution in [0.4, 0.5) is 0 Å². The Labute approximate surface area is 69.7 Å². The van der Waals surface area contributed by atoms with Crippen LogP contribution in [0, 0.1) is 5.41 Å². The fraction of sp³-hybridized carbons (Fsp3) is 0.667. The Hall–Kier alpha value is -0.710. The lowest BCUT2D eigenvalue weighted by atomic mass is 10.1. The van der Waals surface area contributed by atoms with Crippen molar-refractivity contribution in [1.82, 2.24) is 0 Å². The largest absolute Gasteiger partial charge is 0.481 e. The normalized spacial score (nSPS) is 11.1. The molecule has 5 heteroatoms. The average Bonchev–Trinajstić information content (AvgIpc) is 1.53. The molecule has 0 aliphatic carbocycles. The molecule has 0 amide bonds. The van der Waals surface area contributed by atoms with E-state index in [4.69, 9.17) is 16.2 Å². The summed E-state index contributed by atoms with van der Waals surface area (Å²) in [5, 5.41) is 15.3. The molecule has 64 valence electrons. The lowest BCUT2D eigenvalue weighted by Gasteiger charge is -2.19. The summed E-state index contributed by atoms with van der Waals surface area (Å²) in [5.41, 5.74) is 5.11. The van der Waals surface area contributed by atoms with Crippen molar-refractivity contribution in [2.24, 2.45) is 5.73 Å². The van der Waals surface area contributed by atoms with Crippen LogP contribution in [-0.2, 0) is 4.79 Å². The van der Waals surface area contributed by atoms with Gasteiger partial charge in [-0.2, -0.15) is 0 Å². The molecule has 0 unspecified atom stereocenters. The highest BCUT2D eigenvalue weighted by Crippen LogP contribution is 2.27. The zero-order valence-corrected chi connectivity index (χ0v) is 7.36. The van der Waals surface area contributed by atoms with E-state index in [9.17, 15) is 4.79 Å². The van der Waals surface area contributed by atoms with Gasteiger partial charge in [0.05, 0.1) is 6.42 Å². The summed E-state index contributed by atoms with van der Waals surface area (Å²) in [7, 11) is 0. The maximum atomic E-state index is 10.3. The molecule has 0 radical (unpaired) electrons. The molecule has 0 aliphatic rings. The number of carbonyl (C=O) groups is 1. The van der Waals surface area contributed by atoms with E-state index in [1.54, 1.807) is 13.8 Å². The van der Waals surface area contributed by atoms with Crippen molar-refractivity contribution in [1.29, 1.82) is 5.41 Å². The molecule has 11 heavy (non-hydrogen) atoms. The predicted octanol–water partition coefficient (Wildman–Crippen LogP) is 0.866. The Bertz CT molecular complexity index is 161. The smallest absolute Gasteiger partial charge is 0.304 e. The van der Waals surface area contributed by atoms with Gasteiger partial charge in [0.1, 0.15) is 0 Å². The number of rotatable bonds is 3. The fourth-order valence-electron chi connectivity index (χ4n) is 0.698. The molecule has 4 N–H and O–H groups in total. The standard InChI is InChI=1S/C6H12N2O2S/c1-6(2,3-4(9)10)11-5(7)8/h3H2,1-2H3,(H3,7,8)(H,9,10). The zero-order chi connectivity index (χ0) is 9.07. The maximum absolute atomic E-state index is 10.3. The number of hydrogen-bond donors (Lipinski definition) is 3. The van der Waals surface area contributed by atoms with Crippen molar-refractivity contribution in [2.45, 2.75) is 25.0 Å². The van der Waals surface area contributed by atoms with E-state index >= 15 is 0 Å². The van der Waals surface area contributed by atoms with E-state index in [2.05, 4.69) is 0 Å². The molecule has 0 rings (SSSR count). The number of carboxylic acids is 1. The van der Waals surface area contributed by atoms with Crippen molar-refractivity contribution in [3.05, 3.63) is 0 Å². The molecule has 0 fully saturated rings. The van der Waals surface area contributed by atoms with Crippen molar-refractivity contribution in [2.75, 3.05) is 0 Å². The number of nitrogens with one attached hydrogen (secondary N) is 1. The van der Waals surface area contributed by atoms with E-state index in [-0.39, 0.29) is 11.6 Å². The quantitative estimate of drug-likeness (QED) is 0.439. The topological polar surface area (TPSA) is 87.2 Å². The van der Waals surface area contributed by atoms with Crippen molar-refractivity contribution < 1.29 is 9.90 Å². The molecule has 0 aliphatic heterocycles. The number of thioether (sulfide) groups is 1. The van der Waals surface area contributed by atoms with E-state index in [0.717, 1.165) is 11.8 Å². The third-order valence-electron chi connectivity index (χ3n) is 0.963. The molecular weight excluding hydrogens is 164 g/mol. The van der Waals surface area contributed by atoms with Crippen LogP contribution in [0.5, 0.6) is 0 Å². The molecule has 0 aromatic rings. The van der Waals surface area contributed by atoms with Gasteiger partial charge in [0, 0.05) is 4.75 Å². The minimum absolute atomic E-state index is 0.0112. The molecule has 0 aromatic heterocycles. The molecular formula is C6H12N2O2S. The van der Waals surface area contributed by atoms with Crippen LogP contribution < -0.4 is 5.73 Å². The first kappa shape index (κ1) is 10.3. The molecule has 0 saturated heterocycles. The highest BCUT2D eigenvalue weighted by molar-refractivity contribution is 8.14. The SMILES string of the molecule is CC(C)(CC(=O)O)SC(=N)N.